The van der Waals surface area contributed by atoms with E-state index < -0.39 is 33.0 Å². The molecule has 16 heteroatoms. The predicted molar refractivity (Wildman–Crippen MR) is 152 cm³/mol. The topological polar surface area (TPSA) is 129 Å². The number of para-hydroxylation sites is 1. The van der Waals surface area contributed by atoms with Crippen molar-refractivity contribution in [3.05, 3.63) is 82.3 Å². The van der Waals surface area contributed by atoms with Gasteiger partial charge in [0.1, 0.15) is 11.5 Å². The number of rotatable bonds is 11. The van der Waals surface area contributed by atoms with Crippen LogP contribution in [0.1, 0.15) is 51.9 Å². The number of halogens is 3. The molecule has 1 fully saturated rings. The zero-order valence-electron chi connectivity index (χ0n) is 23.1. The van der Waals surface area contributed by atoms with Crippen molar-refractivity contribution in [2.24, 2.45) is 0 Å². The maximum absolute atomic E-state index is 13.5. The van der Waals surface area contributed by atoms with E-state index in [1.165, 1.54) is 33.7 Å². The van der Waals surface area contributed by atoms with Gasteiger partial charge in [0, 0.05) is 17.0 Å². The first-order chi connectivity index (χ1) is 20.5. The predicted octanol–water partition coefficient (Wildman–Crippen LogP) is 3.93. The Morgan fingerprint density at radius 1 is 1.19 bits per heavy atom. The van der Waals surface area contributed by atoms with Crippen LogP contribution in [0.5, 0.6) is 0 Å². The SMILES string of the molecule is C=CC(c1nnnn1-c1ccccc1)S(=O)(=O)Cc1csc(C2CCN(C(C=O)Cn3nc(C(F)(F)F)cc3C)CC2)n1. The highest BCUT2D eigenvalue weighted by atomic mass is 32.2. The second-order valence-electron chi connectivity index (χ2n) is 10.3. The summed E-state index contributed by atoms with van der Waals surface area (Å²) in [6, 6.07) is 9.31. The van der Waals surface area contributed by atoms with Gasteiger partial charge in [0.2, 0.25) is 0 Å². The summed E-state index contributed by atoms with van der Waals surface area (Å²) in [7, 11) is -3.82. The molecule has 0 bridgehead atoms. The first kappa shape index (κ1) is 30.7. The summed E-state index contributed by atoms with van der Waals surface area (Å²) in [6.07, 6.45) is -1.18. The molecule has 0 aliphatic carbocycles. The number of aldehydes is 1. The Morgan fingerprint density at radius 3 is 2.53 bits per heavy atom. The van der Waals surface area contributed by atoms with Gasteiger partial charge in [-0.3, -0.25) is 9.58 Å². The third kappa shape index (κ3) is 6.75. The van der Waals surface area contributed by atoms with Crippen molar-refractivity contribution < 1.29 is 26.4 Å². The summed E-state index contributed by atoms with van der Waals surface area (Å²) < 4.78 is 68.6. The third-order valence-corrected chi connectivity index (χ3v) is 10.3. The monoisotopic (exact) mass is 634 g/mol. The maximum atomic E-state index is 13.5. The first-order valence-electron chi connectivity index (χ1n) is 13.4. The van der Waals surface area contributed by atoms with Crippen LogP contribution in [0, 0.1) is 6.92 Å². The van der Waals surface area contributed by atoms with Crippen molar-refractivity contribution in [1.82, 2.24) is 39.9 Å². The number of carbonyl (C=O) groups is 1. The van der Waals surface area contributed by atoms with Gasteiger partial charge >= 0.3 is 6.18 Å². The number of hydrogen-bond donors (Lipinski definition) is 0. The molecule has 11 nitrogen and oxygen atoms in total. The Bertz CT molecular complexity index is 1680. The molecule has 1 saturated heterocycles. The van der Waals surface area contributed by atoms with Gasteiger partial charge in [0.15, 0.2) is 21.4 Å². The average molecular weight is 635 g/mol. The number of hydrogen-bond acceptors (Lipinski definition) is 10. The second kappa shape index (κ2) is 12.5. The number of carbonyl (C=O) groups excluding carboxylic acids is 1. The smallest absolute Gasteiger partial charge is 0.302 e. The minimum atomic E-state index is -4.55. The molecule has 2 atom stereocenters. The highest BCUT2D eigenvalue weighted by molar-refractivity contribution is 7.91. The minimum Gasteiger partial charge on any atom is -0.302 e. The van der Waals surface area contributed by atoms with E-state index >= 15 is 0 Å². The molecule has 0 saturated carbocycles. The number of sulfone groups is 1. The van der Waals surface area contributed by atoms with Crippen LogP contribution in [0.2, 0.25) is 0 Å². The Kier molecular flexibility index (Phi) is 8.89. The Hall–Kier alpha value is -3.76. The van der Waals surface area contributed by atoms with Crippen LogP contribution in [-0.2, 0) is 33.1 Å². The van der Waals surface area contributed by atoms with Gasteiger partial charge < -0.3 is 4.79 Å². The lowest BCUT2D eigenvalue weighted by Gasteiger charge is -2.34. The molecule has 43 heavy (non-hydrogen) atoms. The summed E-state index contributed by atoms with van der Waals surface area (Å²) in [5.41, 5.74) is 0.376. The molecule has 0 radical (unpaired) electrons. The zero-order valence-corrected chi connectivity index (χ0v) is 24.8. The summed E-state index contributed by atoms with van der Waals surface area (Å²) in [4.78, 5) is 18.4. The molecule has 1 aliphatic rings. The number of alkyl halides is 3. The molecule has 1 aliphatic heterocycles. The fourth-order valence-corrected chi connectivity index (χ4v) is 7.74. The fraction of sp³-hybridized carbons (Fsp3) is 0.407. The van der Waals surface area contributed by atoms with E-state index in [1.807, 2.05) is 11.0 Å². The maximum Gasteiger partial charge on any atom is 0.435 e. The molecule has 4 heterocycles. The largest absolute Gasteiger partial charge is 0.435 e. The van der Waals surface area contributed by atoms with Crippen molar-refractivity contribution >= 4 is 27.5 Å². The summed E-state index contributed by atoms with van der Waals surface area (Å²) in [6.45, 7) is 6.34. The van der Waals surface area contributed by atoms with Crippen LogP contribution < -0.4 is 0 Å². The Balaban J connectivity index is 1.22. The van der Waals surface area contributed by atoms with E-state index in [4.69, 9.17) is 0 Å². The van der Waals surface area contributed by atoms with Crippen LogP contribution in [-0.4, -0.2) is 73.7 Å². The highest BCUT2D eigenvalue weighted by Gasteiger charge is 2.36. The van der Waals surface area contributed by atoms with E-state index in [0.29, 0.717) is 43.0 Å². The number of thiazole rings is 1. The van der Waals surface area contributed by atoms with E-state index in [0.717, 1.165) is 17.4 Å². The summed E-state index contributed by atoms with van der Waals surface area (Å²) >= 11 is 1.38. The normalized spacial score (nSPS) is 16.7. The van der Waals surface area contributed by atoms with Crippen LogP contribution in [0.15, 0.2) is 54.4 Å². The lowest BCUT2D eigenvalue weighted by Crippen LogP contribution is -2.44. The summed E-state index contributed by atoms with van der Waals surface area (Å²) in [5, 5.41) is 16.6. The quantitative estimate of drug-likeness (QED) is 0.178. The number of aryl methyl sites for hydroxylation is 1. The zero-order chi connectivity index (χ0) is 30.8. The van der Waals surface area contributed by atoms with Crippen molar-refractivity contribution in [3.8, 4) is 5.69 Å². The van der Waals surface area contributed by atoms with Crippen molar-refractivity contribution in [2.45, 2.75) is 55.4 Å². The van der Waals surface area contributed by atoms with Crippen molar-refractivity contribution in [2.75, 3.05) is 13.1 Å². The van der Waals surface area contributed by atoms with Crippen LogP contribution in [0.3, 0.4) is 0 Å². The van der Waals surface area contributed by atoms with Crippen molar-refractivity contribution in [3.63, 3.8) is 0 Å². The average Bonchev–Trinajstić information content (AvgIpc) is 3.73. The number of piperidine rings is 1. The van der Waals surface area contributed by atoms with Crippen LogP contribution in [0.4, 0.5) is 13.2 Å². The second-order valence-corrected chi connectivity index (χ2v) is 13.3. The Labute approximate surface area is 250 Å². The molecule has 3 aromatic heterocycles. The lowest BCUT2D eigenvalue weighted by atomic mass is 9.96. The molecule has 0 N–H and O–H groups in total. The number of aromatic nitrogens is 7. The minimum absolute atomic E-state index is 0.0212. The molecule has 2 unspecified atom stereocenters. The van der Waals surface area contributed by atoms with Gasteiger partial charge in [-0.25, -0.2) is 13.4 Å². The highest BCUT2D eigenvalue weighted by Crippen LogP contribution is 2.33. The molecule has 1 aromatic carbocycles. The molecule has 0 spiro atoms. The van der Waals surface area contributed by atoms with Gasteiger partial charge in [-0.1, -0.05) is 24.3 Å². The summed E-state index contributed by atoms with van der Waals surface area (Å²) in [5.74, 6) is -0.126. The van der Waals surface area contributed by atoms with E-state index in [1.54, 1.807) is 29.6 Å². The molecular weight excluding hydrogens is 605 g/mol. The molecule has 4 aromatic rings. The fourth-order valence-electron chi connectivity index (χ4n) is 5.14. The number of likely N-dealkylation sites (tertiary alicyclic amines) is 1. The molecule has 228 valence electrons. The van der Waals surface area contributed by atoms with Gasteiger partial charge in [-0.05, 0) is 61.5 Å². The number of benzene rings is 1. The van der Waals surface area contributed by atoms with Gasteiger partial charge in [0.25, 0.3) is 0 Å². The third-order valence-electron chi connectivity index (χ3n) is 7.40. The van der Waals surface area contributed by atoms with Crippen molar-refractivity contribution in [1.29, 1.82) is 0 Å². The van der Waals surface area contributed by atoms with Gasteiger partial charge in [0.05, 0.1) is 34.7 Å². The first-order valence-corrected chi connectivity index (χ1v) is 16.0. The standard InChI is InChI=1S/C27H29F3N8O3S2/c1-3-23(25-32-34-35-38(25)21-7-5-4-6-8-21)43(40,41)17-20-16-42-26(31-20)19-9-11-36(12-10-19)22(15-39)14-37-18(2)13-24(33-37)27(28,29)30/h3-8,13,15-16,19,22-23H,1,9-12,14,17H2,2H3. The van der Waals surface area contributed by atoms with E-state index in [-0.39, 0.29) is 24.0 Å². The van der Waals surface area contributed by atoms with Crippen LogP contribution in [0.25, 0.3) is 5.69 Å². The van der Waals surface area contributed by atoms with E-state index in [2.05, 4.69) is 32.2 Å². The van der Waals surface area contributed by atoms with Gasteiger partial charge in [-0.15, -0.1) is 23.0 Å². The van der Waals surface area contributed by atoms with E-state index in [9.17, 15) is 26.4 Å². The van der Waals surface area contributed by atoms with Crippen LogP contribution >= 0.6 is 11.3 Å². The molecule has 0 amide bonds. The Morgan fingerprint density at radius 2 is 1.91 bits per heavy atom. The number of nitrogens with zero attached hydrogens (tertiary/aromatic N) is 8. The molecule has 5 rings (SSSR count). The molecular formula is C27H29F3N8O3S2. The lowest BCUT2D eigenvalue weighted by molar-refractivity contribution is -0.141. The number of tetrazole rings is 1. The van der Waals surface area contributed by atoms with Gasteiger partial charge in [-0.2, -0.15) is 23.0 Å².